The Bertz CT molecular complexity index is 146. The number of likely N-dealkylation sites (N-methyl/N-ethyl adjacent to an activating group) is 1. The van der Waals surface area contributed by atoms with Gasteiger partial charge in [-0.05, 0) is 32.5 Å². The van der Waals surface area contributed by atoms with Crippen molar-refractivity contribution in [2.45, 2.75) is 26.3 Å². The van der Waals surface area contributed by atoms with Crippen molar-refractivity contribution in [2.75, 3.05) is 39.9 Å². The van der Waals surface area contributed by atoms with E-state index < -0.39 is 0 Å². The minimum Gasteiger partial charge on any atom is -0.380 e. The molecule has 0 aromatic heterocycles. The van der Waals surface area contributed by atoms with Gasteiger partial charge in [0.1, 0.15) is 0 Å². The Labute approximate surface area is 87.8 Å². The molecule has 1 fully saturated rings. The molecule has 0 aromatic rings. The van der Waals surface area contributed by atoms with E-state index >= 15 is 0 Å². The molecule has 0 aromatic carbocycles. The summed E-state index contributed by atoms with van der Waals surface area (Å²) < 4.78 is 5.38. The van der Waals surface area contributed by atoms with E-state index in [-0.39, 0.29) is 0 Å². The van der Waals surface area contributed by atoms with Crippen LogP contribution in [-0.2, 0) is 4.74 Å². The van der Waals surface area contributed by atoms with Crippen LogP contribution in [0.4, 0.5) is 0 Å². The molecule has 84 valence electrons. The first kappa shape index (κ1) is 12.0. The third-order valence-electron chi connectivity index (χ3n) is 2.87. The second-order valence-corrected chi connectivity index (χ2v) is 4.37. The van der Waals surface area contributed by atoms with Crippen molar-refractivity contribution >= 4 is 0 Å². The summed E-state index contributed by atoms with van der Waals surface area (Å²) >= 11 is 0. The predicted molar refractivity (Wildman–Crippen MR) is 59.6 cm³/mol. The van der Waals surface area contributed by atoms with Gasteiger partial charge in [-0.25, -0.2) is 0 Å². The second kappa shape index (κ2) is 6.38. The van der Waals surface area contributed by atoms with Crippen LogP contribution in [0.15, 0.2) is 0 Å². The number of nitrogens with one attached hydrogen (secondary N) is 1. The van der Waals surface area contributed by atoms with E-state index in [4.69, 9.17) is 4.74 Å². The standard InChI is InChI=1S/C11H24N2O/c1-4-12-7-10(2)8-13(3)11-5-6-14-9-11/h10-12H,4-9H2,1-3H3. The molecule has 2 atom stereocenters. The zero-order valence-corrected chi connectivity index (χ0v) is 9.75. The van der Waals surface area contributed by atoms with Gasteiger partial charge < -0.3 is 15.0 Å². The Morgan fingerprint density at radius 2 is 2.36 bits per heavy atom. The molecule has 1 N–H and O–H groups in total. The lowest BCUT2D eigenvalue weighted by Gasteiger charge is -2.26. The van der Waals surface area contributed by atoms with Gasteiger partial charge in [-0.1, -0.05) is 13.8 Å². The molecule has 1 heterocycles. The minimum atomic E-state index is 0.652. The van der Waals surface area contributed by atoms with Crippen molar-refractivity contribution in [1.82, 2.24) is 10.2 Å². The number of nitrogens with zero attached hydrogens (tertiary/aromatic N) is 1. The monoisotopic (exact) mass is 200 g/mol. The molecule has 0 bridgehead atoms. The molecule has 3 heteroatoms. The molecule has 2 unspecified atom stereocenters. The first-order valence-corrected chi connectivity index (χ1v) is 5.72. The van der Waals surface area contributed by atoms with Gasteiger partial charge in [-0.2, -0.15) is 0 Å². The van der Waals surface area contributed by atoms with Gasteiger partial charge in [0, 0.05) is 19.2 Å². The molecule has 14 heavy (non-hydrogen) atoms. The zero-order valence-electron chi connectivity index (χ0n) is 9.75. The topological polar surface area (TPSA) is 24.5 Å². The third kappa shape index (κ3) is 3.95. The molecule has 1 aliphatic heterocycles. The first-order chi connectivity index (χ1) is 6.74. The molecule has 0 saturated carbocycles. The quantitative estimate of drug-likeness (QED) is 0.691. The maximum absolute atomic E-state index is 5.38. The predicted octanol–water partition coefficient (Wildman–Crippen LogP) is 0.953. The Balaban J connectivity index is 2.14. The lowest BCUT2D eigenvalue weighted by atomic mass is 10.1. The minimum absolute atomic E-state index is 0.652. The van der Waals surface area contributed by atoms with E-state index in [0.717, 1.165) is 32.2 Å². The summed E-state index contributed by atoms with van der Waals surface area (Å²) in [6.45, 7) is 9.67. The van der Waals surface area contributed by atoms with Gasteiger partial charge in [0.05, 0.1) is 6.61 Å². The van der Waals surface area contributed by atoms with Gasteiger partial charge in [-0.15, -0.1) is 0 Å². The van der Waals surface area contributed by atoms with Gasteiger partial charge in [0.2, 0.25) is 0 Å². The van der Waals surface area contributed by atoms with E-state index in [1.807, 2.05) is 0 Å². The summed E-state index contributed by atoms with van der Waals surface area (Å²) in [6, 6.07) is 0.652. The van der Waals surface area contributed by atoms with Gasteiger partial charge in [0.15, 0.2) is 0 Å². The molecular formula is C11H24N2O. The van der Waals surface area contributed by atoms with E-state index in [9.17, 15) is 0 Å². The van der Waals surface area contributed by atoms with Crippen molar-refractivity contribution in [3.63, 3.8) is 0 Å². The number of hydrogen-bond acceptors (Lipinski definition) is 3. The molecule has 3 nitrogen and oxygen atoms in total. The van der Waals surface area contributed by atoms with Crippen LogP contribution in [-0.4, -0.2) is 50.8 Å². The fourth-order valence-corrected chi connectivity index (χ4v) is 1.97. The van der Waals surface area contributed by atoms with Crippen molar-refractivity contribution in [1.29, 1.82) is 0 Å². The SMILES string of the molecule is CCNCC(C)CN(C)C1CCOC1. The van der Waals surface area contributed by atoms with Crippen LogP contribution in [0, 0.1) is 5.92 Å². The highest BCUT2D eigenvalue weighted by atomic mass is 16.5. The molecule has 1 aliphatic rings. The fourth-order valence-electron chi connectivity index (χ4n) is 1.97. The Morgan fingerprint density at radius 1 is 1.57 bits per heavy atom. The average Bonchev–Trinajstić information content (AvgIpc) is 2.67. The second-order valence-electron chi connectivity index (χ2n) is 4.37. The summed E-state index contributed by atoms with van der Waals surface area (Å²) in [5, 5.41) is 3.39. The lowest BCUT2D eigenvalue weighted by Crippen LogP contribution is -2.37. The molecule has 0 spiro atoms. The number of ether oxygens (including phenoxy) is 1. The van der Waals surface area contributed by atoms with Gasteiger partial charge in [0.25, 0.3) is 0 Å². The summed E-state index contributed by atoms with van der Waals surface area (Å²) in [6.07, 6.45) is 1.20. The van der Waals surface area contributed by atoms with E-state index in [1.165, 1.54) is 13.0 Å². The van der Waals surface area contributed by atoms with Crippen LogP contribution in [0.2, 0.25) is 0 Å². The summed E-state index contributed by atoms with van der Waals surface area (Å²) in [7, 11) is 2.21. The van der Waals surface area contributed by atoms with Crippen molar-refractivity contribution < 1.29 is 4.74 Å². The highest BCUT2D eigenvalue weighted by Crippen LogP contribution is 2.11. The number of hydrogen-bond donors (Lipinski definition) is 1. The highest BCUT2D eigenvalue weighted by Gasteiger charge is 2.21. The summed E-state index contributed by atoms with van der Waals surface area (Å²) in [5.74, 6) is 0.723. The third-order valence-corrected chi connectivity index (χ3v) is 2.87. The Hall–Kier alpha value is -0.120. The lowest BCUT2D eigenvalue weighted by molar-refractivity contribution is 0.150. The largest absolute Gasteiger partial charge is 0.380 e. The number of rotatable bonds is 6. The molecular weight excluding hydrogens is 176 g/mol. The molecule has 1 rings (SSSR count). The Kier molecular flexibility index (Phi) is 5.45. The van der Waals surface area contributed by atoms with Crippen molar-refractivity contribution in [3.05, 3.63) is 0 Å². The first-order valence-electron chi connectivity index (χ1n) is 5.72. The van der Waals surface area contributed by atoms with Crippen LogP contribution in [0.3, 0.4) is 0 Å². The average molecular weight is 200 g/mol. The normalized spacial score (nSPS) is 24.4. The van der Waals surface area contributed by atoms with Crippen LogP contribution >= 0.6 is 0 Å². The fraction of sp³-hybridized carbons (Fsp3) is 1.00. The smallest absolute Gasteiger partial charge is 0.0622 e. The molecule has 0 aliphatic carbocycles. The van der Waals surface area contributed by atoms with E-state index in [0.29, 0.717) is 6.04 Å². The zero-order chi connectivity index (χ0) is 10.4. The van der Waals surface area contributed by atoms with Crippen molar-refractivity contribution in [3.8, 4) is 0 Å². The van der Waals surface area contributed by atoms with Crippen LogP contribution in [0.1, 0.15) is 20.3 Å². The van der Waals surface area contributed by atoms with Crippen molar-refractivity contribution in [2.24, 2.45) is 5.92 Å². The maximum Gasteiger partial charge on any atom is 0.0622 e. The molecule has 0 amide bonds. The van der Waals surface area contributed by atoms with Crippen LogP contribution in [0.5, 0.6) is 0 Å². The van der Waals surface area contributed by atoms with Crippen LogP contribution < -0.4 is 5.32 Å². The van der Waals surface area contributed by atoms with Gasteiger partial charge in [-0.3, -0.25) is 0 Å². The van der Waals surface area contributed by atoms with E-state index in [2.05, 4.69) is 31.1 Å². The van der Waals surface area contributed by atoms with E-state index in [1.54, 1.807) is 0 Å². The molecule has 1 saturated heterocycles. The molecule has 0 radical (unpaired) electrons. The summed E-state index contributed by atoms with van der Waals surface area (Å²) in [5.41, 5.74) is 0. The summed E-state index contributed by atoms with van der Waals surface area (Å²) in [4.78, 5) is 2.44. The maximum atomic E-state index is 5.38. The van der Waals surface area contributed by atoms with Gasteiger partial charge >= 0.3 is 0 Å². The Morgan fingerprint density at radius 3 is 2.93 bits per heavy atom. The van der Waals surface area contributed by atoms with Crippen LogP contribution in [0.25, 0.3) is 0 Å². The highest BCUT2D eigenvalue weighted by molar-refractivity contribution is 4.74.